The van der Waals surface area contributed by atoms with Crippen molar-refractivity contribution in [3.63, 3.8) is 0 Å². The number of rotatable bonds is 1. The maximum Gasteiger partial charge on any atom is 0.183 e. The van der Waals surface area contributed by atoms with Gasteiger partial charge in [-0.1, -0.05) is 23.4 Å². The van der Waals surface area contributed by atoms with Crippen molar-refractivity contribution < 1.29 is 0 Å². The molecule has 0 heterocycles. The molecule has 17 heavy (non-hydrogen) atoms. The molecule has 0 radical (unpaired) electrons. The third kappa shape index (κ3) is 3.64. The molecule has 0 fully saturated rings. The fourth-order valence-corrected chi connectivity index (χ4v) is 2.10. The lowest BCUT2D eigenvalue weighted by Gasteiger charge is -2.03. The Labute approximate surface area is 116 Å². The van der Waals surface area contributed by atoms with Crippen LogP contribution in [0.4, 0.5) is 5.69 Å². The van der Waals surface area contributed by atoms with Crippen LogP contribution < -0.4 is 5.32 Å². The molecule has 0 aliphatic carbocycles. The zero-order valence-electron chi connectivity index (χ0n) is 8.66. The van der Waals surface area contributed by atoms with E-state index in [9.17, 15) is 0 Å². The Hall–Kier alpha value is -1.21. The number of nitrogens with one attached hydrogen (secondary N) is 1. The van der Waals surface area contributed by atoms with Gasteiger partial charge in [0, 0.05) is 4.47 Å². The first kappa shape index (κ1) is 13.9. The highest BCUT2D eigenvalue weighted by molar-refractivity contribution is 9.10. The Morgan fingerprint density at radius 2 is 2.24 bits per heavy atom. The highest BCUT2D eigenvalue weighted by atomic mass is 79.9. The van der Waals surface area contributed by atoms with E-state index in [2.05, 4.69) is 26.2 Å². The van der Waals surface area contributed by atoms with Crippen LogP contribution >= 0.6 is 39.3 Å². The molecule has 1 N–H and O–H groups in total. The molecule has 0 spiro atoms. The van der Waals surface area contributed by atoms with E-state index >= 15 is 0 Å². The topological polar surface area (TPSA) is 72.0 Å². The first-order valence-electron chi connectivity index (χ1n) is 4.29. The van der Waals surface area contributed by atoms with E-state index in [1.54, 1.807) is 24.6 Å². The lowest BCUT2D eigenvalue weighted by Crippen LogP contribution is -2.12. The molecule has 86 valence electrons. The molecule has 0 amide bonds. The van der Waals surface area contributed by atoms with Crippen molar-refractivity contribution in [1.82, 2.24) is 5.32 Å². The molecule has 0 unspecified atom stereocenters. The van der Waals surface area contributed by atoms with Crippen LogP contribution in [0, 0.1) is 22.8 Å². The van der Waals surface area contributed by atoms with Gasteiger partial charge in [-0.3, -0.25) is 5.32 Å². The second-order valence-electron chi connectivity index (χ2n) is 2.75. The maximum atomic E-state index is 8.88. The highest BCUT2D eigenvalue weighted by Crippen LogP contribution is 2.31. The quantitative estimate of drug-likeness (QED) is 0.371. The Balaban J connectivity index is 3.24. The van der Waals surface area contributed by atoms with E-state index in [0.717, 1.165) is 0 Å². The van der Waals surface area contributed by atoms with Crippen molar-refractivity contribution in [1.29, 1.82) is 10.5 Å². The normalized spacial score (nSPS) is 10.5. The molecule has 1 aromatic rings. The van der Waals surface area contributed by atoms with Crippen molar-refractivity contribution >= 4 is 50.1 Å². The summed E-state index contributed by atoms with van der Waals surface area (Å²) in [6.45, 7) is 0. The minimum Gasteiger partial charge on any atom is -0.271 e. The van der Waals surface area contributed by atoms with Gasteiger partial charge in [-0.2, -0.15) is 10.5 Å². The molecule has 0 saturated carbocycles. The molecule has 0 aliphatic rings. The first-order chi connectivity index (χ1) is 8.12. The summed E-state index contributed by atoms with van der Waals surface area (Å²) < 4.78 is 0.614. The van der Waals surface area contributed by atoms with Gasteiger partial charge in [-0.25, -0.2) is 4.99 Å². The third-order valence-electron chi connectivity index (χ3n) is 1.74. The van der Waals surface area contributed by atoms with Crippen LogP contribution in [0.3, 0.4) is 0 Å². The number of hydrogen-bond donors (Lipinski definition) is 1. The molecule has 0 bridgehead atoms. The second-order valence-corrected chi connectivity index (χ2v) is 4.81. The predicted molar refractivity (Wildman–Crippen MR) is 73.2 cm³/mol. The summed E-state index contributed by atoms with van der Waals surface area (Å²) in [6, 6.07) is 5.18. The van der Waals surface area contributed by atoms with Gasteiger partial charge in [0.15, 0.2) is 11.4 Å². The largest absolute Gasteiger partial charge is 0.271 e. The molecule has 0 aromatic heterocycles. The lowest BCUT2D eigenvalue weighted by atomic mass is 10.2. The molecule has 0 atom stereocenters. The molecular weight excluding hydrogens is 324 g/mol. The lowest BCUT2D eigenvalue weighted by molar-refractivity contribution is 1.28. The highest BCUT2D eigenvalue weighted by Gasteiger charge is 2.07. The van der Waals surface area contributed by atoms with Crippen LogP contribution in [-0.2, 0) is 0 Å². The molecular formula is C10H6BrClN4S. The van der Waals surface area contributed by atoms with Crippen molar-refractivity contribution in [2.75, 3.05) is 6.26 Å². The first-order valence-corrected chi connectivity index (χ1v) is 6.69. The summed E-state index contributed by atoms with van der Waals surface area (Å²) in [7, 11) is 0. The number of thioether (sulfide) groups is 1. The van der Waals surface area contributed by atoms with Crippen molar-refractivity contribution in [2.45, 2.75) is 0 Å². The van der Waals surface area contributed by atoms with E-state index in [-0.39, 0.29) is 0 Å². The minimum atomic E-state index is 0.405. The summed E-state index contributed by atoms with van der Waals surface area (Å²) in [4.78, 5) is 4.16. The summed E-state index contributed by atoms with van der Waals surface area (Å²) >= 11 is 10.5. The molecule has 1 aromatic carbocycles. The molecule has 7 heteroatoms. The van der Waals surface area contributed by atoms with Gasteiger partial charge < -0.3 is 0 Å². The molecule has 1 rings (SSSR count). The van der Waals surface area contributed by atoms with Gasteiger partial charge in [0.25, 0.3) is 0 Å². The Kier molecular flexibility index (Phi) is 5.30. The van der Waals surface area contributed by atoms with Crippen LogP contribution in [0.25, 0.3) is 0 Å². The van der Waals surface area contributed by atoms with Crippen LogP contribution in [0.2, 0.25) is 5.02 Å². The van der Waals surface area contributed by atoms with Gasteiger partial charge in [-0.15, -0.1) is 0 Å². The summed E-state index contributed by atoms with van der Waals surface area (Å²) in [5.41, 5.74) is 0.879. The predicted octanol–water partition coefficient (Wildman–Crippen LogP) is 3.40. The van der Waals surface area contributed by atoms with Crippen molar-refractivity contribution in [2.24, 2.45) is 4.99 Å². The number of benzene rings is 1. The van der Waals surface area contributed by atoms with Crippen molar-refractivity contribution in [3.8, 4) is 12.3 Å². The van der Waals surface area contributed by atoms with Crippen LogP contribution in [0.5, 0.6) is 0 Å². The molecule has 4 nitrogen and oxygen atoms in total. The van der Waals surface area contributed by atoms with E-state index in [1.807, 2.05) is 6.07 Å². The standard InChI is InChI=1S/C10H6BrClN4S/c1-17-10(15-5-14)16-9-2-6(4-13)7(11)3-8(9)12/h2-3H,1H3,(H,15,16). The number of nitrogens with zero attached hydrogens (tertiary/aromatic N) is 3. The fourth-order valence-electron chi connectivity index (χ4n) is 0.991. The van der Waals surface area contributed by atoms with Crippen LogP contribution in [0.15, 0.2) is 21.6 Å². The van der Waals surface area contributed by atoms with E-state index < -0.39 is 0 Å². The average Bonchev–Trinajstić information content (AvgIpc) is 2.31. The Morgan fingerprint density at radius 1 is 1.53 bits per heavy atom. The SMILES string of the molecule is CSC(=Nc1cc(C#N)c(Br)cc1Cl)NC#N. The Bertz CT molecular complexity index is 544. The van der Waals surface area contributed by atoms with Gasteiger partial charge in [0.05, 0.1) is 16.3 Å². The van der Waals surface area contributed by atoms with Gasteiger partial charge in [0.1, 0.15) is 6.07 Å². The average molecular weight is 330 g/mol. The Morgan fingerprint density at radius 3 is 2.76 bits per heavy atom. The van der Waals surface area contributed by atoms with E-state index in [1.165, 1.54) is 11.8 Å². The zero-order chi connectivity index (χ0) is 12.8. The number of aliphatic imine (C=N–C) groups is 1. The van der Waals surface area contributed by atoms with E-state index in [4.69, 9.17) is 22.1 Å². The van der Waals surface area contributed by atoms with Crippen LogP contribution in [0.1, 0.15) is 5.56 Å². The van der Waals surface area contributed by atoms with Gasteiger partial charge in [0.2, 0.25) is 0 Å². The maximum absolute atomic E-state index is 8.88. The summed E-state index contributed by atoms with van der Waals surface area (Å²) in [5.74, 6) is 0. The van der Waals surface area contributed by atoms with Crippen LogP contribution in [-0.4, -0.2) is 11.4 Å². The second kappa shape index (κ2) is 6.51. The molecule has 0 aliphatic heterocycles. The summed E-state index contributed by atoms with van der Waals surface area (Å²) in [5, 5.41) is 20.6. The van der Waals surface area contributed by atoms with Crippen molar-refractivity contribution in [3.05, 3.63) is 27.2 Å². The number of nitriles is 2. The number of halogens is 2. The smallest absolute Gasteiger partial charge is 0.183 e. The fraction of sp³-hybridized carbons (Fsp3) is 0.100. The molecule has 0 saturated heterocycles. The third-order valence-corrected chi connectivity index (χ3v) is 3.27. The van der Waals surface area contributed by atoms with Gasteiger partial charge in [-0.05, 0) is 34.3 Å². The zero-order valence-corrected chi connectivity index (χ0v) is 11.8. The monoisotopic (exact) mass is 328 g/mol. The minimum absolute atomic E-state index is 0.405. The number of hydrogen-bond acceptors (Lipinski definition) is 4. The number of amidine groups is 1. The van der Waals surface area contributed by atoms with E-state index in [0.29, 0.717) is 25.9 Å². The van der Waals surface area contributed by atoms with Gasteiger partial charge >= 0.3 is 0 Å². The summed E-state index contributed by atoms with van der Waals surface area (Å²) in [6.07, 6.45) is 3.56.